The van der Waals surface area contributed by atoms with Crippen LogP contribution in [0.15, 0.2) is 143 Å². The van der Waals surface area contributed by atoms with Gasteiger partial charge in [-0.2, -0.15) is 4.31 Å². The molecule has 6 aromatic carbocycles. The lowest BCUT2D eigenvalue weighted by Gasteiger charge is -2.29. The lowest BCUT2D eigenvalue weighted by Crippen LogP contribution is -2.31. The van der Waals surface area contributed by atoms with E-state index in [-0.39, 0.29) is 29.0 Å². The van der Waals surface area contributed by atoms with Crippen molar-refractivity contribution in [2.24, 2.45) is 0 Å². The molecule has 8 rings (SSSR count). The molecule has 2 aliphatic carbocycles. The average Bonchev–Trinajstić information content (AvgIpc) is 3.85. The second kappa shape index (κ2) is 25.9. The van der Waals surface area contributed by atoms with Crippen LogP contribution in [0.4, 0.5) is 0 Å². The van der Waals surface area contributed by atoms with Gasteiger partial charge >= 0.3 is 11.9 Å². The van der Waals surface area contributed by atoms with Crippen LogP contribution >= 0.6 is 0 Å². The molecule has 0 saturated heterocycles. The van der Waals surface area contributed by atoms with Gasteiger partial charge in [0.2, 0.25) is 20.0 Å². The summed E-state index contributed by atoms with van der Waals surface area (Å²) < 4.78 is 82.2. The standard InChI is InChI=1S/C33H41NO5S.C32H39NO5S/c1-23(2)24-12-9-13-25(20-24)26-14-10-15-27(21-26)40(36,37)34(6)30-18-8-7-16-29-28(30)17-11-19-31(29)38-22-32(35)39-33(3,4)5;1-22(2)23-11-8-12-24(19-23)25-13-9-14-26(20-25)39(35,36)33-29-17-7-6-15-28-27(29)16-10-18-30(28)37-21-31(34)38-32(3,4)5/h9-15,17,19-21,23,30H,7-8,16,18,22H2,1-6H3;8-14,16,18-20,22,29,33H,6-7,15,17,21H2,1-5H3. The molecule has 0 aliphatic heterocycles. The highest BCUT2D eigenvalue weighted by atomic mass is 32.2. The first kappa shape index (κ1) is 60.3. The molecule has 0 fully saturated rings. The van der Waals surface area contributed by atoms with Crippen molar-refractivity contribution in [3.63, 3.8) is 0 Å². The predicted octanol–water partition coefficient (Wildman–Crippen LogP) is 14.2. The molecular weight excluding hydrogens is 1030 g/mol. The van der Waals surface area contributed by atoms with Gasteiger partial charge in [0.15, 0.2) is 13.2 Å². The van der Waals surface area contributed by atoms with Gasteiger partial charge in [-0.1, -0.05) is 138 Å². The van der Waals surface area contributed by atoms with Gasteiger partial charge in [-0.25, -0.2) is 31.1 Å². The number of hydrogen-bond donors (Lipinski definition) is 1. The van der Waals surface area contributed by atoms with E-state index >= 15 is 0 Å². The van der Waals surface area contributed by atoms with Crippen LogP contribution in [0.5, 0.6) is 11.5 Å². The first-order chi connectivity index (χ1) is 37.3. The third kappa shape index (κ3) is 16.2. The molecule has 0 amide bonds. The molecule has 0 heterocycles. The van der Waals surface area contributed by atoms with Crippen molar-refractivity contribution in [2.45, 2.75) is 166 Å². The van der Waals surface area contributed by atoms with Gasteiger partial charge in [-0.3, -0.25) is 0 Å². The van der Waals surface area contributed by atoms with Crippen LogP contribution in [0, 0.1) is 0 Å². The number of nitrogens with one attached hydrogen (secondary N) is 1. The normalized spacial score (nSPS) is 15.9. The Labute approximate surface area is 470 Å². The van der Waals surface area contributed by atoms with E-state index in [2.05, 4.69) is 56.7 Å². The van der Waals surface area contributed by atoms with E-state index in [0.717, 1.165) is 83.0 Å². The number of ether oxygens (including phenoxy) is 4. The third-order valence-electron chi connectivity index (χ3n) is 14.1. The van der Waals surface area contributed by atoms with Crippen LogP contribution < -0.4 is 14.2 Å². The van der Waals surface area contributed by atoms with Crippen LogP contribution in [0.3, 0.4) is 0 Å². The fourth-order valence-corrected chi connectivity index (χ4v) is 12.9. The van der Waals surface area contributed by atoms with E-state index in [1.54, 1.807) is 37.4 Å². The molecule has 0 aromatic heterocycles. The maximum absolute atomic E-state index is 14.0. The Morgan fingerprint density at radius 3 is 1.46 bits per heavy atom. The quantitative estimate of drug-likeness (QED) is 0.0731. The Morgan fingerprint density at radius 1 is 0.544 bits per heavy atom. The lowest BCUT2D eigenvalue weighted by atomic mass is 9.97. The van der Waals surface area contributed by atoms with Crippen molar-refractivity contribution in [3.05, 3.63) is 167 Å². The minimum Gasteiger partial charge on any atom is -0.482 e. The molecule has 79 heavy (non-hydrogen) atoms. The number of hydrogen-bond acceptors (Lipinski definition) is 10. The van der Waals surface area contributed by atoms with E-state index < -0.39 is 49.2 Å². The van der Waals surface area contributed by atoms with E-state index in [0.29, 0.717) is 36.2 Å². The van der Waals surface area contributed by atoms with Gasteiger partial charge in [-0.15, -0.1) is 0 Å². The summed E-state index contributed by atoms with van der Waals surface area (Å²) in [4.78, 5) is 25.0. The summed E-state index contributed by atoms with van der Waals surface area (Å²) in [5.74, 6) is 1.08. The van der Waals surface area contributed by atoms with Gasteiger partial charge in [0, 0.05) is 13.1 Å². The van der Waals surface area contributed by atoms with Crippen molar-refractivity contribution >= 4 is 32.0 Å². The summed E-state index contributed by atoms with van der Waals surface area (Å²) in [5.41, 5.74) is 8.65. The fourth-order valence-electron chi connectivity index (χ4n) is 10.1. The van der Waals surface area contributed by atoms with Gasteiger partial charge < -0.3 is 18.9 Å². The van der Waals surface area contributed by atoms with E-state index in [1.165, 1.54) is 15.4 Å². The molecule has 0 spiro atoms. The van der Waals surface area contributed by atoms with Crippen LogP contribution in [0.2, 0.25) is 0 Å². The highest BCUT2D eigenvalue weighted by Gasteiger charge is 2.33. The third-order valence-corrected chi connectivity index (χ3v) is 17.4. The second-order valence-electron chi connectivity index (χ2n) is 23.2. The SMILES string of the molecule is CC(C)c1cccc(-c2cccc(S(=O)(=O)N(C)C3CCCCc4c(OCC(=O)OC(C)(C)C)cccc43)c2)c1.CC(C)c1cccc(-c2cccc(S(=O)(=O)NC3CCCCc4c(OCC(=O)OC(C)(C)C)cccc43)c2)c1. The number of carbonyl (C=O) groups excluding carboxylic acids is 2. The molecule has 0 bridgehead atoms. The molecule has 0 saturated carbocycles. The minimum atomic E-state index is -3.80. The van der Waals surface area contributed by atoms with Gasteiger partial charge in [0.1, 0.15) is 22.7 Å². The minimum absolute atomic E-state index is 0.197. The number of fused-ring (bicyclic) bond motifs is 2. The van der Waals surface area contributed by atoms with E-state index in [1.807, 2.05) is 120 Å². The summed E-state index contributed by atoms with van der Waals surface area (Å²) in [6.07, 6.45) is 6.45. The van der Waals surface area contributed by atoms with Crippen molar-refractivity contribution < 1.29 is 45.4 Å². The molecule has 1 N–H and O–H groups in total. The summed E-state index contributed by atoms with van der Waals surface area (Å²) in [6, 6.07) is 41.3. The monoisotopic (exact) mass is 1110 g/mol. The topological polar surface area (TPSA) is 155 Å². The van der Waals surface area contributed by atoms with Crippen LogP contribution in [-0.2, 0) is 52.0 Å². The first-order valence-corrected chi connectivity index (χ1v) is 30.6. The van der Waals surface area contributed by atoms with Crippen molar-refractivity contribution in [1.29, 1.82) is 0 Å². The van der Waals surface area contributed by atoms with Crippen LogP contribution in [-0.4, -0.2) is 64.5 Å². The summed E-state index contributed by atoms with van der Waals surface area (Å²) in [5, 5.41) is 0. The highest BCUT2D eigenvalue weighted by molar-refractivity contribution is 7.89. The van der Waals surface area contributed by atoms with E-state index in [4.69, 9.17) is 18.9 Å². The number of benzene rings is 6. The second-order valence-corrected chi connectivity index (χ2v) is 26.9. The molecule has 0 radical (unpaired) electrons. The van der Waals surface area contributed by atoms with Crippen molar-refractivity contribution in [1.82, 2.24) is 9.03 Å². The summed E-state index contributed by atoms with van der Waals surface area (Å²) in [6.45, 7) is 19.1. The molecule has 14 heteroatoms. The van der Waals surface area contributed by atoms with Gasteiger partial charge in [0.05, 0.1) is 15.8 Å². The summed E-state index contributed by atoms with van der Waals surface area (Å²) >= 11 is 0. The maximum Gasteiger partial charge on any atom is 0.344 e. The van der Waals surface area contributed by atoms with Crippen LogP contribution in [0.25, 0.3) is 22.3 Å². The fraction of sp³-hybridized carbons (Fsp3) is 0.415. The number of nitrogens with zero attached hydrogens (tertiary/aromatic N) is 1. The lowest BCUT2D eigenvalue weighted by molar-refractivity contribution is -0.158. The number of sulfonamides is 2. The zero-order valence-corrected chi connectivity index (χ0v) is 49.6. The Hall–Kier alpha value is -6.32. The zero-order valence-electron chi connectivity index (χ0n) is 47.9. The Kier molecular flexibility index (Phi) is 19.7. The molecule has 2 atom stereocenters. The van der Waals surface area contributed by atoms with E-state index in [9.17, 15) is 26.4 Å². The Bertz CT molecular complexity index is 3320. The molecule has 6 aromatic rings. The Morgan fingerprint density at radius 2 is 0.962 bits per heavy atom. The molecule has 2 unspecified atom stereocenters. The number of carbonyl (C=O) groups is 2. The van der Waals surface area contributed by atoms with Crippen molar-refractivity contribution in [2.75, 3.05) is 20.3 Å². The molecule has 422 valence electrons. The maximum atomic E-state index is 14.0. The van der Waals surface area contributed by atoms with Crippen molar-refractivity contribution in [3.8, 4) is 33.8 Å². The van der Waals surface area contributed by atoms with Gasteiger partial charge in [-0.05, 0) is 184 Å². The summed E-state index contributed by atoms with van der Waals surface area (Å²) in [7, 11) is -5.93. The van der Waals surface area contributed by atoms with Crippen LogP contribution in [0.1, 0.15) is 165 Å². The number of esters is 2. The molecular formula is C65H80N2O10S2. The number of rotatable bonds is 16. The van der Waals surface area contributed by atoms with Gasteiger partial charge in [0.25, 0.3) is 0 Å². The predicted molar refractivity (Wildman–Crippen MR) is 313 cm³/mol. The molecule has 2 aliphatic rings. The largest absolute Gasteiger partial charge is 0.482 e. The highest BCUT2D eigenvalue weighted by Crippen LogP contribution is 2.40. The molecule has 12 nitrogen and oxygen atoms in total. The smallest absolute Gasteiger partial charge is 0.344 e. The zero-order chi connectivity index (χ0) is 57.3. The Balaban J connectivity index is 0.000000229. The first-order valence-electron chi connectivity index (χ1n) is 27.6. The average molecular weight is 1110 g/mol.